The molecule has 1 atom stereocenters. The minimum Gasteiger partial charge on any atom is -0.493 e. The van der Waals surface area contributed by atoms with Crippen LogP contribution in [0.3, 0.4) is 0 Å². The Morgan fingerprint density at radius 3 is 2.64 bits per heavy atom. The Hall–Kier alpha value is -3.03. The molecule has 0 aliphatic rings. The zero-order valence-electron chi connectivity index (χ0n) is 14.5. The van der Waals surface area contributed by atoms with E-state index in [4.69, 9.17) is 18.7 Å². The van der Waals surface area contributed by atoms with Crippen molar-refractivity contribution in [1.82, 2.24) is 5.16 Å². The number of carbonyl (C=O) groups is 2. The number of aryl methyl sites for hydroxylation is 1. The van der Waals surface area contributed by atoms with Gasteiger partial charge in [-0.25, -0.2) is 4.79 Å². The van der Waals surface area contributed by atoms with Crippen LogP contribution in [0.15, 0.2) is 28.8 Å². The van der Waals surface area contributed by atoms with E-state index in [1.165, 1.54) is 26.2 Å². The number of nitrogens with zero attached hydrogens (tertiary/aromatic N) is 1. The number of esters is 1. The number of anilines is 1. The molecular weight excluding hydrogens is 328 g/mol. The zero-order chi connectivity index (χ0) is 18.4. The highest BCUT2D eigenvalue weighted by Crippen LogP contribution is 2.28. The van der Waals surface area contributed by atoms with Crippen molar-refractivity contribution in [2.24, 2.45) is 0 Å². The highest BCUT2D eigenvalue weighted by molar-refractivity contribution is 5.97. The largest absolute Gasteiger partial charge is 0.493 e. The van der Waals surface area contributed by atoms with Crippen molar-refractivity contribution in [2.75, 3.05) is 19.0 Å². The predicted octanol–water partition coefficient (Wildman–Crippen LogP) is 2.57. The Morgan fingerprint density at radius 2 is 2.04 bits per heavy atom. The Balaban J connectivity index is 2.02. The fraction of sp³-hybridized carbons (Fsp3) is 0.353. The maximum absolute atomic E-state index is 12.2. The van der Waals surface area contributed by atoms with E-state index in [9.17, 15) is 9.59 Å². The number of hydrogen-bond acceptors (Lipinski definition) is 7. The minimum atomic E-state index is -1.01. The Labute approximate surface area is 145 Å². The van der Waals surface area contributed by atoms with E-state index in [0.717, 1.165) is 0 Å². The molecule has 1 N–H and O–H groups in total. The Bertz CT molecular complexity index is 755. The van der Waals surface area contributed by atoms with Gasteiger partial charge in [-0.1, -0.05) is 5.16 Å². The number of carbonyl (C=O) groups excluding carboxylic acids is 2. The van der Waals surface area contributed by atoms with E-state index in [-0.39, 0.29) is 11.4 Å². The SMILES string of the molecule is CCOc1cc(C(=O)O[C@@H](C)C(=O)Nc2cc(C)on2)ccc1OC. The van der Waals surface area contributed by atoms with Crippen LogP contribution in [0.4, 0.5) is 5.82 Å². The fourth-order valence-corrected chi connectivity index (χ4v) is 2.01. The highest BCUT2D eigenvalue weighted by Gasteiger charge is 2.21. The van der Waals surface area contributed by atoms with Crippen LogP contribution >= 0.6 is 0 Å². The van der Waals surface area contributed by atoms with Gasteiger partial charge in [0, 0.05) is 6.07 Å². The van der Waals surface area contributed by atoms with Crippen molar-refractivity contribution in [3.8, 4) is 11.5 Å². The van der Waals surface area contributed by atoms with E-state index in [0.29, 0.717) is 23.9 Å². The maximum Gasteiger partial charge on any atom is 0.339 e. The van der Waals surface area contributed by atoms with Crippen molar-refractivity contribution < 1.29 is 28.3 Å². The average molecular weight is 348 g/mol. The number of rotatable bonds is 7. The predicted molar refractivity (Wildman–Crippen MR) is 88.9 cm³/mol. The number of amides is 1. The van der Waals surface area contributed by atoms with E-state index in [1.807, 2.05) is 6.92 Å². The lowest BCUT2D eigenvalue weighted by molar-refractivity contribution is -0.123. The van der Waals surface area contributed by atoms with Gasteiger partial charge in [0.1, 0.15) is 5.76 Å². The third-order valence-electron chi connectivity index (χ3n) is 3.23. The summed E-state index contributed by atoms with van der Waals surface area (Å²) in [5.74, 6) is 0.582. The summed E-state index contributed by atoms with van der Waals surface area (Å²) in [6.07, 6.45) is -1.01. The van der Waals surface area contributed by atoms with Crippen molar-refractivity contribution in [3.05, 3.63) is 35.6 Å². The number of ether oxygens (including phenoxy) is 3. The first kappa shape index (κ1) is 18.3. The van der Waals surface area contributed by atoms with Gasteiger partial charge < -0.3 is 24.1 Å². The number of benzene rings is 1. The van der Waals surface area contributed by atoms with E-state index in [2.05, 4.69) is 10.5 Å². The summed E-state index contributed by atoms with van der Waals surface area (Å²) >= 11 is 0. The summed E-state index contributed by atoms with van der Waals surface area (Å²) < 4.78 is 20.6. The highest BCUT2D eigenvalue weighted by atomic mass is 16.5. The second-order valence-electron chi connectivity index (χ2n) is 5.16. The van der Waals surface area contributed by atoms with Crippen LogP contribution in [0, 0.1) is 6.92 Å². The number of aromatic nitrogens is 1. The number of nitrogens with one attached hydrogen (secondary N) is 1. The first-order valence-electron chi connectivity index (χ1n) is 7.70. The molecule has 0 spiro atoms. The lowest BCUT2D eigenvalue weighted by Crippen LogP contribution is -2.30. The first-order valence-corrected chi connectivity index (χ1v) is 7.70. The first-order chi connectivity index (χ1) is 11.9. The third kappa shape index (κ3) is 4.72. The molecule has 0 unspecified atom stereocenters. The lowest BCUT2D eigenvalue weighted by Gasteiger charge is -2.14. The van der Waals surface area contributed by atoms with Crippen molar-refractivity contribution >= 4 is 17.7 Å². The topological polar surface area (TPSA) is 99.9 Å². The molecule has 0 saturated carbocycles. The molecule has 8 nitrogen and oxygen atoms in total. The van der Waals surface area contributed by atoms with Gasteiger partial charge in [0.2, 0.25) is 0 Å². The molecule has 2 aromatic rings. The summed E-state index contributed by atoms with van der Waals surface area (Å²) in [6.45, 7) is 5.41. The molecule has 0 bridgehead atoms. The molecule has 0 radical (unpaired) electrons. The Morgan fingerprint density at radius 1 is 1.28 bits per heavy atom. The van der Waals surface area contributed by atoms with E-state index in [1.54, 1.807) is 19.1 Å². The molecule has 2 rings (SSSR count). The van der Waals surface area contributed by atoms with Gasteiger partial charge in [0.15, 0.2) is 23.4 Å². The van der Waals surface area contributed by atoms with Crippen LogP contribution in [0.25, 0.3) is 0 Å². The maximum atomic E-state index is 12.2. The quantitative estimate of drug-likeness (QED) is 0.768. The molecule has 25 heavy (non-hydrogen) atoms. The van der Waals surface area contributed by atoms with Gasteiger partial charge in [0.05, 0.1) is 19.3 Å². The van der Waals surface area contributed by atoms with E-state index >= 15 is 0 Å². The van der Waals surface area contributed by atoms with Gasteiger partial charge in [0.25, 0.3) is 5.91 Å². The average Bonchev–Trinajstić information content (AvgIpc) is 2.99. The van der Waals surface area contributed by atoms with Gasteiger partial charge in [-0.05, 0) is 39.0 Å². The lowest BCUT2D eigenvalue weighted by atomic mass is 10.2. The van der Waals surface area contributed by atoms with Crippen LogP contribution in [0.2, 0.25) is 0 Å². The van der Waals surface area contributed by atoms with Crippen LogP contribution in [0.1, 0.15) is 30.0 Å². The summed E-state index contributed by atoms with van der Waals surface area (Å²) in [7, 11) is 1.51. The third-order valence-corrected chi connectivity index (χ3v) is 3.23. The van der Waals surface area contributed by atoms with Gasteiger partial charge >= 0.3 is 5.97 Å². The molecule has 1 heterocycles. The molecule has 0 aliphatic carbocycles. The molecular formula is C17H20N2O6. The summed E-state index contributed by atoms with van der Waals surface area (Å²) in [5, 5.41) is 6.15. The standard InChI is InChI=1S/C17H20N2O6/c1-5-23-14-9-12(6-7-13(14)22-4)17(21)24-11(3)16(20)18-15-8-10(2)25-19-15/h6-9,11H,5H2,1-4H3,(H,18,19,20)/t11-/m0/s1. The molecule has 8 heteroatoms. The van der Waals surface area contributed by atoms with Crippen LogP contribution in [-0.2, 0) is 9.53 Å². The second kappa shape index (κ2) is 8.18. The number of methoxy groups -OCH3 is 1. The van der Waals surface area contributed by atoms with Crippen LogP contribution in [0.5, 0.6) is 11.5 Å². The van der Waals surface area contributed by atoms with Crippen LogP contribution in [-0.4, -0.2) is 36.9 Å². The second-order valence-corrected chi connectivity index (χ2v) is 5.16. The molecule has 0 saturated heterocycles. The molecule has 0 aliphatic heterocycles. The molecule has 0 fully saturated rings. The van der Waals surface area contributed by atoms with Crippen molar-refractivity contribution in [2.45, 2.75) is 26.9 Å². The van der Waals surface area contributed by atoms with Gasteiger partial charge in [-0.2, -0.15) is 0 Å². The summed E-state index contributed by atoms with van der Waals surface area (Å²) in [5.41, 5.74) is 0.251. The van der Waals surface area contributed by atoms with Crippen LogP contribution < -0.4 is 14.8 Å². The monoisotopic (exact) mass is 348 g/mol. The Kier molecular flexibility index (Phi) is 5.99. The number of hydrogen-bond donors (Lipinski definition) is 1. The van der Waals surface area contributed by atoms with Gasteiger partial charge in [-0.15, -0.1) is 0 Å². The molecule has 1 aromatic heterocycles. The molecule has 134 valence electrons. The summed E-state index contributed by atoms with van der Waals surface area (Å²) in [6, 6.07) is 6.21. The fourth-order valence-electron chi connectivity index (χ4n) is 2.01. The normalized spacial score (nSPS) is 11.5. The smallest absolute Gasteiger partial charge is 0.339 e. The minimum absolute atomic E-state index is 0.251. The molecule has 1 amide bonds. The zero-order valence-corrected chi connectivity index (χ0v) is 14.5. The molecule has 1 aromatic carbocycles. The van der Waals surface area contributed by atoms with Gasteiger partial charge in [-0.3, -0.25) is 4.79 Å². The summed E-state index contributed by atoms with van der Waals surface area (Å²) in [4.78, 5) is 24.3. The van der Waals surface area contributed by atoms with Crippen molar-refractivity contribution in [3.63, 3.8) is 0 Å². The van der Waals surface area contributed by atoms with Crippen molar-refractivity contribution in [1.29, 1.82) is 0 Å². The van der Waals surface area contributed by atoms with E-state index < -0.39 is 18.0 Å².